The van der Waals surface area contributed by atoms with Crippen LogP contribution in [0.3, 0.4) is 0 Å². The first-order valence-electron chi connectivity index (χ1n) is 5.85. The zero-order valence-corrected chi connectivity index (χ0v) is 9.53. The van der Waals surface area contributed by atoms with Crippen molar-refractivity contribution in [1.82, 2.24) is 5.32 Å². The summed E-state index contributed by atoms with van der Waals surface area (Å²) in [5, 5.41) is 12.1. The Labute approximate surface area is 99.7 Å². The van der Waals surface area contributed by atoms with Crippen molar-refractivity contribution in [3.8, 4) is 0 Å². The van der Waals surface area contributed by atoms with Gasteiger partial charge in [-0.3, -0.25) is 4.79 Å². The highest BCUT2D eigenvalue weighted by atomic mass is 19.1. The van der Waals surface area contributed by atoms with E-state index in [0.29, 0.717) is 12.5 Å². The van der Waals surface area contributed by atoms with Crippen molar-refractivity contribution in [2.45, 2.75) is 31.8 Å². The Bertz CT molecular complexity index is 387. The van der Waals surface area contributed by atoms with Crippen LogP contribution in [0.15, 0.2) is 24.3 Å². The first-order valence-corrected chi connectivity index (χ1v) is 5.85. The maximum Gasteiger partial charge on any atom is 0.304 e. The van der Waals surface area contributed by atoms with Crippen LogP contribution >= 0.6 is 0 Å². The highest BCUT2D eigenvalue weighted by molar-refractivity contribution is 5.67. The Balaban J connectivity index is 1.86. The largest absolute Gasteiger partial charge is 0.481 e. The second-order valence-electron chi connectivity index (χ2n) is 4.55. The average Bonchev–Trinajstić information content (AvgIpc) is 3.10. The number of carbonyl (C=O) groups is 1. The summed E-state index contributed by atoms with van der Waals surface area (Å²) in [6.07, 6.45) is 2.37. The van der Waals surface area contributed by atoms with Crippen molar-refractivity contribution in [1.29, 1.82) is 0 Å². The van der Waals surface area contributed by atoms with E-state index in [2.05, 4.69) is 5.32 Å². The summed E-state index contributed by atoms with van der Waals surface area (Å²) in [6.45, 7) is 0.592. The van der Waals surface area contributed by atoms with Gasteiger partial charge in [0.2, 0.25) is 0 Å². The van der Waals surface area contributed by atoms with Gasteiger partial charge in [-0.15, -0.1) is 0 Å². The molecule has 1 aliphatic rings. The van der Waals surface area contributed by atoms with E-state index in [1.807, 2.05) is 0 Å². The van der Waals surface area contributed by atoms with Crippen molar-refractivity contribution >= 4 is 5.97 Å². The van der Waals surface area contributed by atoms with Crippen LogP contribution in [-0.2, 0) is 11.3 Å². The van der Waals surface area contributed by atoms with Crippen molar-refractivity contribution in [2.24, 2.45) is 5.92 Å². The molecule has 0 spiro atoms. The molecule has 0 radical (unpaired) electrons. The minimum Gasteiger partial charge on any atom is -0.481 e. The maximum atomic E-state index is 12.7. The Morgan fingerprint density at radius 3 is 2.59 bits per heavy atom. The van der Waals surface area contributed by atoms with Crippen LogP contribution in [-0.4, -0.2) is 17.1 Å². The van der Waals surface area contributed by atoms with Gasteiger partial charge in [-0.2, -0.15) is 0 Å². The number of hydrogen-bond acceptors (Lipinski definition) is 2. The van der Waals surface area contributed by atoms with Crippen LogP contribution in [0.25, 0.3) is 0 Å². The van der Waals surface area contributed by atoms with E-state index >= 15 is 0 Å². The van der Waals surface area contributed by atoms with Gasteiger partial charge in [0.1, 0.15) is 5.82 Å². The van der Waals surface area contributed by atoms with Crippen LogP contribution in [0.1, 0.15) is 24.8 Å². The molecule has 0 aliphatic heterocycles. The molecule has 1 unspecified atom stereocenters. The molecule has 1 aromatic rings. The predicted molar refractivity (Wildman–Crippen MR) is 62.0 cm³/mol. The molecule has 0 aromatic heterocycles. The third-order valence-electron chi connectivity index (χ3n) is 3.07. The molecule has 0 saturated heterocycles. The van der Waals surface area contributed by atoms with Crippen molar-refractivity contribution in [3.63, 3.8) is 0 Å². The van der Waals surface area contributed by atoms with Gasteiger partial charge >= 0.3 is 5.97 Å². The lowest BCUT2D eigenvalue weighted by atomic mass is 10.1. The minimum absolute atomic E-state index is 0.0394. The molecule has 0 heterocycles. The second-order valence-corrected chi connectivity index (χ2v) is 4.55. The molecule has 92 valence electrons. The summed E-state index contributed by atoms with van der Waals surface area (Å²) in [6, 6.07) is 6.30. The molecular weight excluding hydrogens is 221 g/mol. The first-order chi connectivity index (χ1) is 8.15. The van der Waals surface area contributed by atoms with Crippen LogP contribution in [0.5, 0.6) is 0 Å². The highest BCUT2D eigenvalue weighted by Gasteiger charge is 2.32. The summed E-state index contributed by atoms with van der Waals surface area (Å²) >= 11 is 0. The number of benzene rings is 1. The third kappa shape index (κ3) is 3.82. The molecule has 1 saturated carbocycles. The zero-order valence-electron chi connectivity index (χ0n) is 9.53. The summed E-state index contributed by atoms with van der Waals surface area (Å²) < 4.78 is 12.7. The summed E-state index contributed by atoms with van der Waals surface area (Å²) in [5.41, 5.74) is 0.974. The van der Waals surface area contributed by atoms with Crippen molar-refractivity contribution in [3.05, 3.63) is 35.6 Å². The fourth-order valence-electron chi connectivity index (χ4n) is 1.94. The molecule has 2 rings (SSSR count). The Morgan fingerprint density at radius 2 is 2.06 bits per heavy atom. The maximum absolute atomic E-state index is 12.7. The van der Waals surface area contributed by atoms with Crippen molar-refractivity contribution < 1.29 is 14.3 Å². The Morgan fingerprint density at radius 1 is 1.41 bits per heavy atom. The monoisotopic (exact) mass is 237 g/mol. The summed E-state index contributed by atoms with van der Waals surface area (Å²) in [4.78, 5) is 10.7. The Hall–Kier alpha value is -1.42. The van der Waals surface area contributed by atoms with Gasteiger partial charge in [0.15, 0.2) is 0 Å². The molecule has 0 amide bonds. The van der Waals surface area contributed by atoms with E-state index in [1.54, 1.807) is 12.1 Å². The molecule has 2 N–H and O–H groups in total. The number of nitrogens with one attached hydrogen (secondary N) is 1. The highest BCUT2D eigenvalue weighted by Crippen LogP contribution is 2.34. The number of halogens is 1. The van der Waals surface area contributed by atoms with E-state index in [-0.39, 0.29) is 18.3 Å². The van der Waals surface area contributed by atoms with E-state index in [1.165, 1.54) is 12.1 Å². The summed E-state index contributed by atoms with van der Waals surface area (Å²) in [5.74, 6) is -0.530. The smallest absolute Gasteiger partial charge is 0.304 e. The quantitative estimate of drug-likeness (QED) is 0.797. The molecule has 1 fully saturated rings. The van der Waals surface area contributed by atoms with Gasteiger partial charge in [0.25, 0.3) is 0 Å². The van der Waals surface area contributed by atoms with Crippen LogP contribution in [0.2, 0.25) is 0 Å². The van der Waals surface area contributed by atoms with Gasteiger partial charge < -0.3 is 10.4 Å². The second kappa shape index (κ2) is 5.27. The molecule has 0 bridgehead atoms. The molecular formula is C13H16FNO2. The van der Waals surface area contributed by atoms with Gasteiger partial charge in [-0.1, -0.05) is 12.1 Å². The van der Waals surface area contributed by atoms with Crippen molar-refractivity contribution in [2.75, 3.05) is 0 Å². The van der Waals surface area contributed by atoms with Gasteiger partial charge in [0.05, 0.1) is 6.42 Å². The molecule has 1 atom stereocenters. The lowest BCUT2D eigenvalue weighted by molar-refractivity contribution is -0.137. The van der Waals surface area contributed by atoms with Gasteiger partial charge in [-0.05, 0) is 36.5 Å². The van der Waals surface area contributed by atoms with Gasteiger partial charge in [0, 0.05) is 12.6 Å². The van der Waals surface area contributed by atoms with E-state index in [4.69, 9.17) is 5.11 Å². The van der Waals surface area contributed by atoms with Gasteiger partial charge in [-0.25, -0.2) is 4.39 Å². The predicted octanol–water partition coefficient (Wildman–Crippen LogP) is 2.17. The number of carboxylic acid groups (broad SMARTS) is 1. The SMILES string of the molecule is O=C(O)CC(NCc1ccc(F)cc1)C1CC1. The lowest BCUT2D eigenvalue weighted by Gasteiger charge is -2.16. The lowest BCUT2D eigenvalue weighted by Crippen LogP contribution is -2.32. The van der Waals surface area contributed by atoms with Crippen LogP contribution in [0, 0.1) is 11.7 Å². The number of rotatable bonds is 6. The van der Waals surface area contributed by atoms with E-state index < -0.39 is 5.97 Å². The molecule has 1 aromatic carbocycles. The topological polar surface area (TPSA) is 49.3 Å². The molecule has 4 heteroatoms. The Kier molecular flexibility index (Phi) is 3.74. The molecule has 1 aliphatic carbocycles. The fourth-order valence-corrected chi connectivity index (χ4v) is 1.94. The van der Waals surface area contributed by atoms with Crippen LogP contribution < -0.4 is 5.32 Å². The summed E-state index contributed by atoms with van der Waals surface area (Å²) in [7, 11) is 0. The number of carboxylic acids is 1. The number of hydrogen-bond donors (Lipinski definition) is 2. The fraction of sp³-hybridized carbons (Fsp3) is 0.462. The standard InChI is InChI=1S/C13H16FNO2/c14-11-5-1-9(2-6-11)8-15-12(7-13(16)17)10-3-4-10/h1-2,5-6,10,12,15H,3-4,7-8H2,(H,16,17). The minimum atomic E-state index is -0.770. The van der Waals surface area contributed by atoms with E-state index in [0.717, 1.165) is 18.4 Å². The molecule has 3 nitrogen and oxygen atoms in total. The molecule has 17 heavy (non-hydrogen) atoms. The van der Waals surface area contributed by atoms with E-state index in [9.17, 15) is 9.18 Å². The average molecular weight is 237 g/mol. The number of aliphatic carboxylic acids is 1. The zero-order chi connectivity index (χ0) is 12.3. The van der Waals surface area contributed by atoms with Crippen LogP contribution in [0.4, 0.5) is 4.39 Å². The first kappa shape index (κ1) is 12.0. The normalized spacial score (nSPS) is 16.8. The third-order valence-corrected chi connectivity index (χ3v) is 3.07.